The van der Waals surface area contributed by atoms with E-state index in [0.717, 1.165) is 10.7 Å². The highest BCUT2D eigenvalue weighted by molar-refractivity contribution is 7.09. The van der Waals surface area contributed by atoms with E-state index >= 15 is 0 Å². The van der Waals surface area contributed by atoms with E-state index in [1.165, 1.54) is 7.11 Å². The molecule has 4 nitrogen and oxygen atoms in total. The minimum absolute atomic E-state index is 0.253. The van der Waals surface area contributed by atoms with Crippen LogP contribution >= 0.6 is 11.3 Å². The molecule has 78 valence electrons. The second-order valence-electron chi connectivity index (χ2n) is 2.98. The summed E-state index contributed by atoms with van der Waals surface area (Å²) in [6, 6.07) is -0.290. The number of hydrogen-bond donors (Lipinski definition) is 1. The average Bonchev–Trinajstić information content (AvgIpc) is 2.59. The molecule has 0 aliphatic heterocycles. The first-order chi connectivity index (χ1) is 6.63. The standard InChI is InChI=1S/C9H14N2O2S/c1-6(9(12)13-3)10-4-8-5-14-7(2)11-8/h5-6,10H,4H2,1-3H3/t6-/m0/s1. The van der Waals surface area contributed by atoms with Crippen LogP contribution < -0.4 is 5.32 Å². The van der Waals surface area contributed by atoms with Gasteiger partial charge in [0.1, 0.15) is 6.04 Å². The maximum Gasteiger partial charge on any atom is 0.322 e. The van der Waals surface area contributed by atoms with Crippen LogP contribution in [0.1, 0.15) is 17.6 Å². The molecule has 0 bridgehead atoms. The summed E-state index contributed by atoms with van der Waals surface area (Å²) in [4.78, 5) is 15.3. The lowest BCUT2D eigenvalue weighted by molar-refractivity contribution is -0.142. The van der Waals surface area contributed by atoms with Crippen LogP contribution in [0.25, 0.3) is 0 Å². The predicted octanol–water partition coefficient (Wildman–Crippen LogP) is 1.10. The van der Waals surface area contributed by atoms with Crippen molar-refractivity contribution in [3.8, 4) is 0 Å². The molecule has 0 radical (unpaired) electrons. The number of thiazole rings is 1. The van der Waals surface area contributed by atoms with Gasteiger partial charge >= 0.3 is 5.97 Å². The van der Waals surface area contributed by atoms with Crippen molar-refractivity contribution in [3.63, 3.8) is 0 Å². The normalized spacial score (nSPS) is 12.5. The Hall–Kier alpha value is -0.940. The summed E-state index contributed by atoms with van der Waals surface area (Å²) in [5, 5.41) is 6.05. The molecule has 14 heavy (non-hydrogen) atoms. The number of nitrogens with one attached hydrogen (secondary N) is 1. The quantitative estimate of drug-likeness (QED) is 0.763. The van der Waals surface area contributed by atoms with E-state index in [1.54, 1.807) is 18.3 Å². The topological polar surface area (TPSA) is 51.2 Å². The van der Waals surface area contributed by atoms with Crippen molar-refractivity contribution in [1.82, 2.24) is 10.3 Å². The summed E-state index contributed by atoms with van der Waals surface area (Å²) in [6.45, 7) is 4.32. The fraction of sp³-hybridized carbons (Fsp3) is 0.556. The first-order valence-electron chi connectivity index (χ1n) is 4.35. The molecule has 0 fully saturated rings. The van der Waals surface area contributed by atoms with Gasteiger partial charge in [-0.1, -0.05) is 0 Å². The summed E-state index contributed by atoms with van der Waals surface area (Å²) in [5.74, 6) is -0.253. The molecular weight excluding hydrogens is 200 g/mol. The van der Waals surface area contributed by atoms with E-state index < -0.39 is 0 Å². The fourth-order valence-corrected chi connectivity index (χ4v) is 1.62. The Balaban J connectivity index is 2.37. The fourth-order valence-electron chi connectivity index (χ4n) is 1.01. The number of rotatable bonds is 4. The molecule has 0 aliphatic rings. The zero-order valence-electron chi connectivity index (χ0n) is 8.53. The maximum absolute atomic E-state index is 11.0. The molecule has 1 N–H and O–H groups in total. The number of esters is 1. The van der Waals surface area contributed by atoms with E-state index in [0.29, 0.717) is 6.54 Å². The highest BCUT2D eigenvalue weighted by atomic mass is 32.1. The zero-order valence-corrected chi connectivity index (χ0v) is 9.35. The Labute approximate surface area is 87.3 Å². The van der Waals surface area contributed by atoms with Gasteiger partial charge in [0.2, 0.25) is 0 Å². The molecule has 0 saturated carbocycles. The van der Waals surface area contributed by atoms with Crippen LogP contribution in [0.5, 0.6) is 0 Å². The summed E-state index contributed by atoms with van der Waals surface area (Å²) in [5.41, 5.74) is 0.961. The monoisotopic (exact) mass is 214 g/mol. The van der Waals surface area contributed by atoms with Gasteiger partial charge in [0.15, 0.2) is 0 Å². The number of nitrogens with zero attached hydrogens (tertiary/aromatic N) is 1. The molecule has 1 aromatic rings. The van der Waals surface area contributed by atoms with Gasteiger partial charge in [0.25, 0.3) is 0 Å². The van der Waals surface area contributed by atoms with Gasteiger partial charge in [-0.2, -0.15) is 0 Å². The van der Waals surface area contributed by atoms with Crippen molar-refractivity contribution in [3.05, 3.63) is 16.1 Å². The average molecular weight is 214 g/mol. The SMILES string of the molecule is COC(=O)[C@H](C)NCc1csc(C)n1. The molecule has 1 aromatic heterocycles. The molecule has 5 heteroatoms. The molecule has 1 heterocycles. The number of carbonyl (C=O) groups excluding carboxylic acids is 1. The third-order valence-corrected chi connectivity index (χ3v) is 2.63. The molecule has 1 rings (SSSR count). The number of ether oxygens (including phenoxy) is 1. The summed E-state index contributed by atoms with van der Waals surface area (Å²) < 4.78 is 4.59. The van der Waals surface area contributed by atoms with Crippen LogP contribution in [0.4, 0.5) is 0 Å². The largest absolute Gasteiger partial charge is 0.468 e. The Morgan fingerprint density at radius 1 is 1.79 bits per heavy atom. The van der Waals surface area contributed by atoms with E-state index in [9.17, 15) is 4.79 Å². The third-order valence-electron chi connectivity index (χ3n) is 1.81. The van der Waals surface area contributed by atoms with E-state index in [-0.39, 0.29) is 12.0 Å². The lowest BCUT2D eigenvalue weighted by atomic mass is 10.3. The lowest BCUT2D eigenvalue weighted by Crippen LogP contribution is -2.34. The highest BCUT2D eigenvalue weighted by Crippen LogP contribution is 2.07. The van der Waals surface area contributed by atoms with Crippen molar-refractivity contribution in [2.75, 3.05) is 7.11 Å². The zero-order chi connectivity index (χ0) is 10.6. The molecule has 0 spiro atoms. The van der Waals surface area contributed by atoms with Crippen molar-refractivity contribution in [2.24, 2.45) is 0 Å². The van der Waals surface area contributed by atoms with Gasteiger partial charge in [-0.3, -0.25) is 10.1 Å². The maximum atomic E-state index is 11.0. The Bertz CT molecular complexity index is 312. The van der Waals surface area contributed by atoms with Gasteiger partial charge < -0.3 is 4.74 Å². The molecule has 0 aromatic carbocycles. The first kappa shape index (κ1) is 11.1. The first-order valence-corrected chi connectivity index (χ1v) is 5.23. The van der Waals surface area contributed by atoms with E-state index in [1.807, 2.05) is 12.3 Å². The molecule has 0 saturated heterocycles. The van der Waals surface area contributed by atoms with Crippen LogP contribution in [0.15, 0.2) is 5.38 Å². The molecule has 0 aliphatic carbocycles. The predicted molar refractivity (Wildman–Crippen MR) is 55.2 cm³/mol. The molecular formula is C9H14N2O2S. The molecule has 0 unspecified atom stereocenters. The van der Waals surface area contributed by atoms with Crippen LogP contribution in [0, 0.1) is 6.92 Å². The van der Waals surface area contributed by atoms with Gasteiger partial charge in [0.05, 0.1) is 17.8 Å². The second kappa shape index (κ2) is 5.07. The Kier molecular flexibility index (Phi) is 4.03. The van der Waals surface area contributed by atoms with Crippen molar-refractivity contribution >= 4 is 17.3 Å². The van der Waals surface area contributed by atoms with Gasteiger partial charge in [0, 0.05) is 11.9 Å². The Morgan fingerprint density at radius 3 is 3.00 bits per heavy atom. The molecule has 0 amide bonds. The van der Waals surface area contributed by atoms with E-state index in [2.05, 4.69) is 15.0 Å². The van der Waals surface area contributed by atoms with Gasteiger partial charge in [-0.05, 0) is 13.8 Å². The highest BCUT2D eigenvalue weighted by Gasteiger charge is 2.12. The van der Waals surface area contributed by atoms with Crippen molar-refractivity contribution < 1.29 is 9.53 Å². The minimum atomic E-state index is -0.290. The minimum Gasteiger partial charge on any atom is -0.468 e. The number of hydrogen-bond acceptors (Lipinski definition) is 5. The summed E-state index contributed by atoms with van der Waals surface area (Å²) in [6.07, 6.45) is 0. The number of methoxy groups -OCH3 is 1. The van der Waals surface area contributed by atoms with Crippen LogP contribution in [-0.2, 0) is 16.1 Å². The van der Waals surface area contributed by atoms with Crippen molar-refractivity contribution in [2.45, 2.75) is 26.4 Å². The summed E-state index contributed by atoms with van der Waals surface area (Å²) >= 11 is 1.60. The van der Waals surface area contributed by atoms with Crippen LogP contribution in [0.2, 0.25) is 0 Å². The Morgan fingerprint density at radius 2 is 2.50 bits per heavy atom. The third kappa shape index (κ3) is 3.08. The van der Waals surface area contributed by atoms with Crippen LogP contribution in [-0.4, -0.2) is 24.1 Å². The number of carbonyl (C=O) groups is 1. The summed E-state index contributed by atoms with van der Waals surface area (Å²) in [7, 11) is 1.38. The molecule has 1 atom stereocenters. The number of aryl methyl sites for hydroxylation is 1. The van der Waals surface area contributed by atoms with Crippen LogP contribution in [0.3, 0.4) is 0 Å². The van der Waals surface area contributed by atoms with Gasteiger partial charge in [-0.25, -0.2) is 4.98 Å². The van der Waals surface area contributed by atoms with E-state index in [4.69, 9.17) is 0 Å². The smallest absolute Gasteiger partial charge is 0.322 e. The lowest BCUT2D eigenvalue weighted by Gasteiger charge is -2.09. The van der Waals surface area contributed by atoms with Gasteiger partial charge in [-0.15, -0.1) is 11.3 Å². The van der Waals surface area contributed by atoms with Crippen molar-refractivity contribution in [1.29, 1.82) is 0 Å². The number of aromatic nitrogens is 1. The second-order valence-corrected chi connectivity index (χ2v) is 4.05.